The van der Waals surface area contributed by atoms with Gasteiger partial charge in [-0.15, -0.1) is 0 Å². The summed E-state index contributed by atoms with van der Waals surface area (Å²) in [5.74, 6) is 0.268. The fourth-order valence-corrected chi connectivity index (χ4v) is 2.29. The zero-order chi connectivity index (χ0) is 14.5. The van der Waals surface area contributed by atoms with Crippen LogP contribution >= 0.6 is 0 Å². The van der Waals surface area contributed by atoms with Crippen molar-refractivity contribution in [1.82, 2.24) is 5.32 Å². The number of likely N-dealkylation sites (N-methyl/N-ethyl adjacent to an activating group) is 1. The third kappa shape index (κ3) is 3.81. The molecular formula is C17H20FNO. The second-order valence-electron chi connectivity index (χ2n) is 5.03. The molecule has 2 aromatic rings. The van der Waals surface area contributed by atoms with Crippen molar-refractivity contribution in [2.24, 2.45) is 0 Å². The van der Waals surface area contributed by atoms with E-state index in [-0.39, 0.29) is 11.9 Å². The summed E-state index contributed by atoms with van der Waals surface area (Å²) in [6, 6.07) is 12.7. The van der Waals surface area contributed by atoms with Gasteiger partial charge in [-0.2, -0.15) is 0 Å². The first-order valence-electron chi connectivity index (χ1n) is 6.72. The Morgan fingerprint density at radius 2 is 1.80 bits per heavy atom. The fraction of sp³-hybridized carbons (Fsp3) is 0.294. The van der Waals surface area contributed by atoms with E-state index in [1.54, 1.807) is 12.1 Å². The van der Waals surface area contributed by atoms with Crippen LogP contribution < -0.4 is 10.1 Å². The van der Waals surface area contributed by atoms with Crippen molar-refractivity contribution in [2.45, 2.75) is 19.9 Å². The van der Waals surface area contributed by atoms with Crippen LogP contribution in [0.15, 0.2) is 42.5 Å². The van der Waals surface area contributed by atoms with Crippen molar-refractivity contribution in [1.29, 1.82) is 0 Å². The molecule has 2 aromatic carbocycles. The van der Waals surface area contributed by atoms with Gasteiger partial charge in [-0.25, -0.2) is 4.39 Å². The van der Waals surface area contributed by atoms with E-state index in [2.05, 4.69) is 37.4 Å². The van der Waals surface area contributed by atoms with Gasteiger partial charge in [0.2, 0.25) is 0 Å². The monoisotopic (exact) mass is 273 g/mol. The molecule has 0 aliphatic rings. The van der Waals surface area contributed by atoms with Crippen LogP contribution in [0.1, 0.15) is 22.7 Å². The second-order valence-corrected chi connectivity index (χ2v) is 5.03. The molecule has 0 spiro atoms. The first-order chi connectivity index (χ1) is 9.58. The number of benzene rings is 2. The first-order valence-corrected chi connectivity index (χ1v) is 6.72. The van der Waals surface area contributed by atoms with Crippen LogP contribution in [0.25, 0.3) is 0 Å². The molecule has 0 heterocycles. The van der Waals surface area contributed by atoms with Gasteiger partial charge in [0.1, 0.15) is 18.2 Å². The number of nitrogens with one attached hydrogen (secondary N) is 1. The Morgan fingerprint density at radius 3 is 2.40 bits per heavy atom. The van der Waals surface area contributed by atoms with Gasteiger partial charge < -0.3 is 10.1 Å². The minimum atomic E-state index is -0.282. The number of hydrogen-bond acceptors (Lipinski definition) is 2. The van der Waals surface area contributed by atoms with E-state index in [1.165, 1.54) is 28.8 Å². The second kappa shape index (κ2) is 6.53. The molecule has 0 aromatic heterocycles. The van der Waals surface area contributed by atoms with E-state index in [0.717, 1.165) is 0 Å². The predicted molar refractivity (Wildman–Crippen MR) is 79.6 cm³/mol. The van der Waals surface area contributed by atoms with Gasteiger partial charge in [0.25, 0.3) is 0 Å². The smallest absolute Gasteiger partial charge is 0.126 e. The lowest BCUT2D eigenvalue weighted by Crippen LogP contribution is -2.23. The van der Waals surface area contributed by atoms with E-state index in [4.69, 9.17) is 4.74 Å². The van der Waals surface area contributed by atoms with Crippen molar-refractivity contribution >= 4 is 0 Å². The van der Waals surface area contributed by atoms with Crippen LogP contribution in [0.3, 0.4) is 0 Å². The Balaban J connectivity index is 2.09. The molecule has 20 heavy (non-hydrogen) atoms. The molecule has 0 saturated heterocycles. The molecular weight excluding hydrogens is 253 g/mol. The van der Waals surface area contributed by atoms with Crippen LogP contribution in [-0.4, -0.2) is 13.7 Å². The molecule has 0 amide bonds. The van der Waals surface area contributed by atoms with Crippen molar-refractivity contribution < 1.29 is 9.13 Å². The van der Waals surface area contributed by atoms with Crippen LogP contribution in [0.4, 0.5) is 4.39 Å². The van der Waals surface area contributed by atoms with E-state index in [9.17, 15) is 4.39 Å². The number of rotatable bonds is 5. The lowest BCUT2D eigenvalue weighted by Gasteiger charge is -2.18. The molecule has 0 bridgehead atoms. The maximum atomic E-state index is 13.1. The summed E-state index contributed by atoms with van der Waals surface area (Å²) in [6.45, 7) is 4.62. The van der Waals surface area contributed by atoms with E-state index in [0.29, 0.717) is 12.4 Å². The summed E-state index contributed by atoms with van der Waals surface area (Å²) < 4.78 is 18.8. The number of aryl methyl sites for hydroxylation is 2. The highest BCUT2D eigenvalue weighted by molar-refractivity contribution is 5.31. The summed E-state index contributed by atoms with van der Waals surface area (Å²) in [4.78, 5) is 0. The zero-order valence-electron chi connectivity index (χ0n) is 12.1. The van der Waals surface area contributed by atoms with Crippen molar-refractivity contribution in [3.05, 3.63) is 65.0 Å². The molecule has 2 nitrogen and oxygen atoms in total. The van der Waals surface area contributed by atoms with Gasteiger partial charge in [-0.05, 0) is 38.6 Å². The summed E-state index contributed by atoms with van der Waals surface area (Å²) in [5, 5.41) is 3.24. The Hall–Kier alpha value is -1.87. The normalized spacial score (nSPS) is 12.2. The van der Waals surface area contributed by atoms with E-state index >= 15 is 0 Å². The molecule has 0 fully saturated rings. The van der Waals surface area contributed by atoms with Crippen LogP contribution in [-0.2, 0) is 0 Å². The highest BCUT2D eigenvalue weighted by Crippen LogP contribution is 2.19. The average molecular weight is 273 g/mol. The highest BCUT2D eigenvalue weighted by atomic mass is 19.1. The summed E-state index contributed by atoms with van der Waals surface area (Å²) >= 11 is 0. The SMILES string of the molecule is CNC(COc1cccc(F)c1)c1cc(C)cc(C)c1. The third-order valence-electron chi connectivity index (χ3n) is 3.21. The molecule has 0 aliphatic carbocycles. The van der Waals surface area contributed by atoms with Crippen molar-refractivity contribution in [3.8, 4) is 5.75 Å². The Kier molecular flexibility index (Phi) is 4.74. The Bertz CT molecular complexity index is 563. The van der Waals surface area contributed by atoms with Gasteiger partial charge >= 0.3 is 0 Å². The van der Waals surface area contributed by atoms with Gasteiger partial charge in [0.05, 0.1) is 6.04 Å². The first kappa shape index (κ1) is 14.5. The molecule has 106 valence electrons. The number of halogens is 1. The summed E-state index contributed by atoms with van der Waals surface area (Å²) in [7, 11) is 1.90. The average Bonchev–Trinajstić information content (AvgIpc) is 2.38. The maximum Gasteiger partial charge on any atom is 0.126 e. The molecule has 0 saturated carbocycles. The van der Waals surface area contributed by atoms with Gasteiger partial charge in [-0.3, -0.25) is 0 Å². The quantitative estimate of drug-likeness (QED) is 0.895. The zero-order valence-corrected chi connectivity index (χ0v) is 12.1. The largest absolute Gasteiger partial charge is 0.492 e. The molecule has 2 rings (SSSR count). The van der Waals surface area contributed by atoms with Gasteiger partial charge in [0.15, 0.2) is 0 Å². The van der Waals surface area contributed by atoms with Gasteiger partial charge in [-0.1, -0.05) is 35.4 Å². The summed E-state index contributed by atoms with van der Waals surface area (Å²) in [5.41, 5.74) is 3.64. The summed E-state index contributed by atoms with van der Waals surface area (Å²) in [6.07, 6.45) is 0. The van der Waals surface area contributed by atoms with E-state index < -0.39 is 0 Å². The van der Waals surface area contributed by atoms with Crippen LogP contribution in [0.5, 0.6) is 5.75 Å². The van der Waals surface area contributed by atoms with Crippen LogP contribution in [0.2, 0.25) is 0 Å². The minimum absolute atomic E-state index is 0.0804. The minimum Gasteiger partial charge on any atom is -0.492 e. The molecule has 1 N–H and O–H groups in total. The lowest BCUT2D eigenvalue weighted by atomic mass is 10.0. The molecule has 1 unspecified atom stereocenters. The lowest BCUT2D eigenvalue weighted by molar-refractivity contribution is 0.272. The number of hydrogen-bond donors (Lipinski definition) is 1. The fourth-order valence-electron chi connectivity index (χ4n) is 2.29. The van der Waals surface area contributed by atoms with E-state index in [1.807, 2.05) is 7.05 Å². The number of ether oxygens (including phenoxy) is 1. The third-order valence-corrected chi connectivity index (χ3v) is 3.21. The van der Waals surface area contributed by atoms with Gasteiger partial charge in [0, 0.05) is 6.07 Å². The molecule has 1 atom stereocenters. The van der Waals surface area contributed by atoms with Crippen LogP contribution in [0, 0.1) is 19.7 Å². The Labute approximate surface area is 119 Å². The van der Waals surface area contributed by atoms with Crippen molar-refractivity contribution in [3.63, 3.8) is 0 Å². The molecule has 0 radical (unpaired) electrons. The maximum absolute atomic E-state index is 13.1. The molecule has 0 aliphatic heterocycles. The highest BCUT2D eigenvalue weighted by Gasteiger charge is 2.11. The standard InChI is InChI=1S/C17H20FNO/c1-12-7-13(2)9-14(8-12)17(19-3)11-20-16-6-4-5-15(18)10-16/h4-10,17,19H,11H2,1-3H3. The molecule has 3 heteroatoms. The van der Waals surface area contributed by atoms with Crippen molar-refractivity contribution in [2.75, 3.05) is 13.7 Å². The predicted octanol–water partition coefficient (Wildman–Crippen LogP) is 3.78. The topological polar surface area (TPSA) is 21.3 Å². The Morgan fingerprint density at radius 1 is 1.10 bits per heavy atom.